The van der Waals surface area contributed by atoms with Gasteiger partial charge in [-0.05, 0) is 18.2 Å². The number of para-hydroxylation sites is 1. The Morgan fingerprint density at radius 2 is 1.81 bits per heavy atom. The zero-order chi connectivity index (χ0) is 14.6. The topological polar surface area (TPSA) is 39.9 Å². The Kier molecular flexibility index (Phi) is 2.36. The van der Waals surface area contributed by atoms with Crippen LogP contribution in [0.2, 0.25) is 0 Å². The molecule has 0 aliphatic heterocycles. The largest absolute Gasteiger partial charge is 0.493 e. The van der Waals surface area contributed by atoms with E-state index in [-0.39, 0.29) is 5.56 Å². The molecule has 0 amide bonds. The molecule has 2 heterocycles. The van der Waals surface area contributed by atoms with Crippen LogP contribution < -0.4 is 15.0 Å². The molecule has 4 nitrogen and oxygen atoms in total. The average molecular weight is 279 g/mol. The molecule has 0 saturated carbocycles. The van der Waals surface area contributed by atoms with Gasteiger partial charge < -0.3 is 9.47 Å². The predicted octanol–water partition coefficient (Wildman–Crippen LogP) is 3.06. The first kappa shape index (κ1) is 12.0. The zero-order valence-electron chi connectivity index (χ0n) is 11.7. The summed E-state index contributed by atoms with van der Waals surface area (Å²) in [5.41, 5.74) is 0.876. The first-order chi connectivity index (χ1) is 10.3. The lowest BCUT2D eigenvalue weighted by Crippen LogP contribution is -2.12. The highest BCUT2D eigenvalue weighted by Gasteiger charge is 2.17. The molecule has 4 heteroatoms. The maximum absolute atomic E-state index is 12.7. The predicted molar refractivity (Wildman–Crippen MR) is 83.0 cm³/mol. The number of aromatic nitrogens is 1. The third-order valence-electron chi connectivity index (χ3n) is 3.98. The minimum atomic E-state index is -0.0420. The molecule has 0 aliphatic rings. The highest BCUT2D eigenvalue weighted by atomic mass is 16.5. The number of pyridine rings is 1. The number of hydrogen-bond acceptors (Lipinski definition) is 3. The number of benzene rings is 2. The van der Waals surface area contributed by atoms with Crippen molar-refractivity contribution in [2.24, 2.45) is 0 Å². The van der Waals surface area contributed by atoms with Crippen LogP contribution >= 0.6 is 0 Å². The number of rotatable bonds is 2. The fourth-order valence-electron chi connectivity index (χ4n) is 3.07. The van der Waals surface area contributed by atoms with Crippen LogP contribution in [0, 0.1) is 0 Å². The van der Waals surface area contributed by atoms with Gasteiger partial charge in [0.1, 0.15) is 0 Å². The van der Waals surface area contributed by atoms with Gasteiger partial charge in [-0.1, -0.05) is 18.2 Å². The monoisotopic (exact) mass is 279 g/mol. The Bertz CT molecular complexity index is 1030. The molecular weight excluding hydrogens is 266 g/mol. The van der Waals surface area contributed by atoms with Crippen LogP contribution in [0.1, 0.15) is 0 Å². The summed E-state index contributed by atoms with van der Waals surface area (Å²) in [5, 5.41) is 3.46. The number of hydrogen-bond donors (Lipinski definition) is 0. The smallest absolute Gasteiger partial charge is 0.263 e. The summed E-state index contributed by atoms with van der Waals surface area (Å²) in [5.74, 6) is 1.23. The summed E-state index contributed by atoms with van der Waals surface area (Å²) in [6.45, 7) is 0. The summed E-state index contributed by atoms with van der Waals surface area (Å²) in [7, 11) is 3.19. The Morgan fingerprint density at radius 3 is 2.57 bits per heavy atom. The highest BCUT2D eigenvalue weighted by molar-refractivity contribution is 6.14. The van der Waals surface area contributed by atoms with Crippen molar-refractivity contribution in [3.05, 3.63) is 52.9 Å². The van der Waals surface area contributed by atoms with Gasteiger partial charge in [0.25, 0.3) is 5.56 Å². The van der Waals surface area contributed by atoms with Crippen molar-refractivity contribution in [2.75, 3.05) is 14.2 Å². The van der Waals surface area contributed by atoms with Gasteiger partial charge in [-0.2, -0.15) is 0 Å². The van der Waals surface area contributed by atoms with E-state index >= 15 is 0 Å². The van der Waals surface area contributed by atoms with Crippen molar-refractivity contribution < 1.29 is 9.47 Å². The zero-order valence-corrected chi connectivity index (χ0v) is 11.7. The molecule has 0 unspecified atom stereocenters. The fraction of sp³-hybridized carbons (Fsp3) is 0.118. The van der Waals surface area contributed by atoms with Gasteiger partial charge in [0.15, 0.2) is 11.5 Å². The molecule has 0 fully saturated rings. The van der Waals surface area contributed by atoms with E-state index in [0.29, 0.717) is 16.9 Å². The molecule has 104 valence electrons. The quantitative estimate of drug-likeness (QED) is 0.529. The van der Waals surface area contributed by atoms with Gasteiger partial charge in [0.2, 0.25) is 0 Å². The van der Waals surface area contributed by atoms with E-state index in [0.717, 1.165) is 21.7 Å². The molecule has 0 aliphatic carbocycles. The van der Waals surface area contributed by atoms with E-state index in [9.17, 15) is 4.79 Å². The molecular formula is C17H13NO3. The van der Waals surface area contributed by atoms with Crippen molar-refractivity contribution in [1.82, 2.24) is 4.40 Å². The summed E-state index contributed by atoms with van der Waals surface area (Å²) < 4.78 is 12.6. The van der Waals surface area contributed by atoms with Crippen LogP contribution in [-0.4, -0.2) is 18.6 Å². The molecule has 2 aromatic carbocycles. The Morgan fingerprint density at radius 1 is 0.952 bits per heavy atom. The fourth-order valence-corrected chi connectivity index (χ4v) is 3.07. The Hall–Kier alpha value is -2.75. The molecule has 0 N–H and O–H groups in total. The molecule has 0 radical (unpaired) electrons. The first-order valence-corrected chi connectivity index (χ1v) is 6.66. The third kappa shape index (κ3) is 1.41. The molecule has 0 spiro atoms. The van der Waals surface area contributed by atoms with E-state index in [1.807, 2.05) is 30.5 Å². The lowest BCUT2D eigenvalue weighted by molar-refractivity contribution is 0.358. The van der Waals surface area contributed by atoms with Crippen LogP contribution in [0.25, 0.3) is 27.1 Å². The maximum Gasteiger partial charge on any atom is 0.263 e. The molecule has 0 bridgehead atoms. The molecule has 21 heavy (non-hydrogen) atoms. The normalized spacial score (nSPS) is 11.5. The highest BCUT2D eigenvalue weighted by Crippen LogP contribution is 2.39. The van der Waals surface area contributed by atoms with E-state index < -0.39 is 0 Å². The van der Waals surface area contributed by atoms with Crippen molar-refractivity contribution in [2.45, 2.75) is 0 Å². The van der Waals surface area contributed by atoms with Crippen LogP contribution in [-0.2, 0) is 0 Å². The molecule has 0 saturated heterocycles. The van der Waals surface area contributed by atoms with Gasteiger partial charge in [-0.15, -0.1) is 0 Å². The second kappa shape index (κ2) is 4.12. The van der Waals surface area contributed by atoms with E-state index in [4.69, 9.17) is 9.47 Å². The van der Waals surface area contributed by atoms with Crippen molar-refractivity contribution >= 4 is 27.1 Å². The molecule has 4 rings (SSSR count). The van der Waals surface area contributed by atoms with Crippen molar-refractivity contribution in [3.63, 3.8) is 0 Å². The van der Waals surface area contributed by atoms with Gasteiger partial charge >= 0.3 is 0 Å². The number of nitrogens with zero attached hydrogens (tertiary/aromatic N) is 1. The van der Waals surface area contributed by atoms with Crippen LogP contribution in [0.4, 0.5) is 0 Å². The van der Waals surface area contributed by atoms with E-state index in [1.165, 1.54) is 0 Å². The second-order valence-electron chi connectivity index (χ2n) is 4.96. The van der Waals surface area contributed by atoms with E-state index in [1.54, 1.807) is 30.8 Å². The molecule has 4 aromatic rings. The molecule has 0 atom stereocenters. The SMILES string of the molecule is COc1ccc2c(=O)n3ccc4cccc(c2c1OC)c43. The van der Waals surface area contributed by atoms with E-state index in [2.05, 4.69) is 0 Å². The number of ether oxygens (including phenoxy) is 2. The minimum Gasteiger partial charge on any atom is -0.493 e. The summed E-state index contributed by atoms with van der Waals surface area (Å²) >= 11 is 0. The average Bonchev–Trinajstić information content (AvgIpc) is 2.96. The maximum atomic E-state index is 12.7. The van der Waals surface area contributed by atoms with Gasteiger partial charge in [-0.25, -0.2) is 0 Å². The van der Waals surface area contributed by atoms with Gasteiger partial charge in [0, 0.05) is 22.4 Å². The Labute approximate surface area is 120 Å². The van der Waals surface area contributed by atoms with Crippen LogP contribution in [0.3, 0.4) is 0 Å². The lowest BCUT2D eigenvalue weighted by atomic mass is 10.0. The van der Waals surface area contributed by atoms with Gasteiger partial charge in [0.05, 0.1) is 25.1 Å². The summed E-state index contributed by atoms with van der Waals surface area (Å²) in [6, 6.07) is 11.5. The first-order valence-electron chi connectivity index (χ1n) is 6.66. The second-order valence-corrected chi connectivity index (χ2v) is 4.96. The Balaban J connectivity index is 2.40. The summed E-state index contributed by atoms with van der Waals surface area (Å²) in [4.78, 5) is 12.7. The number of methoxy groups -OCH3 is 2. The molecule has 2 aromatic heterocycles. The standard InChI is InChI=1S/C17H13NO3/c1-20-13-7-6-12-14(16(13)21-2)11-5-3-4-10-8-9-18(15(10)11)17(12)19/h3-9H,1-2H3. The number of fused-ring (bicyclic) bond motifs is 2. The summed E-state index contributed by atoms with van der Waals surface area (Å²) in [6.07, 6.45) is 1.82. The minimum absolute atomic E-state index is 0.0420. The van der Waals surface area contributed by atoms with Crippen molar-refractivity contribution in [3.8, 4) is 11.5 Å². The van der Waals surface area contributed by atoms with Crippen LogP contribution in [0.15, 0.2) is 47.4 Å². The van der Waals surface area contributed by atoms with Crippen LogP contribution in [0.5, 0.6) is 11.5 Å². The van der Waals surface area contributed by atoms with Gasteiger partial charge in [-0.3, -0.25) is 9.20 Å². The third-order valence-corrected chi connectivity index (χ3v) is 3.98. The van der Waals surface area contributed by atoms with Crippen molar-refractivity contribution in [1.29, 1.82) is 0 Å². The lowest BCUT2D eigenvalue weighted by Gasteiger charge is -2.13.